The molecule has 0 bridgehead atoms. The largest absolute Gasteiger partial charge is 0.317 e. The fourth-order valence-electron chi connectivity index (χ4n) is 3.14. The van der Waals surface area contributed by atoms with E-state index in [-0.39, 0.29) is 5.41 Å². The van der Waals surface area contributed by atoms with Gasteiger partial charge in [-0.2, -0.15) is 0 Å². The smallest absolute Gasteiger partial charge is 0.159 e. The highest BCUT2D eigenvalue weighted by Crippen LogP contribution is 2.43. The number of halogens is 2. The van der Waals surface area contributed by atoms with Crippen molar-refractivity contribution < 1.29 is 8.78 Å². The number of nitrogens with one attached hydrogen (secondary N) is 1. The Bertz CT molecular complexity index is 389. The summed E-state index contributed by atoms with van der Waals surface area (Å²) < 4.78 is 26.3. The summed E-state index contributed by atoms with van der Waals surface area (Å²) in [6.45, 7) is 2.05. The molecule has 0 radical (unpaired) electrons. The van der Waals surface area contributed by atoms with Gasteiger partial charge in [0.15, 0.2) is 11.6 Å². The molecule has 1 aliphatic carbocycles. The topological polar surface area (TPSA) is 12.0 Å². The predicted molar refractivity (Wildman–Crippen MR) is 58.3 cm³/mol. The molecule has 1 spiro atoms. The van der Waals surface area contributed by atoms with E-state index < -0.39 is 11.6 Å². The second-order valence-corrected chi connectivity index (χ2v) is 5.14. The zero-order valence-electron chi connectivity index (χ0n) is 9.15. The zero-order chi connectivity index (χ0) is 11.2. The van der Waals surface area contributed by atoms with Gasteiger partial charge in [0.25, 0.3) is 0 Å². The van der Waals surface area contributed by atoms with E-state index in [1.165, 1.54) is 12.1 Å². The van der Waals surface area contributed by atoms with Crippen molar-refractivity contribution in [1.82, 2.24) is 5.32 Å². The maximum atomic E-state index is 13.1. The first kappa shape index (κ1) is 10.2. The quantitative estimate of drug-likeness (QED) is 0.712. The van der Waals surface area contributed by atoms with Gasteiger partial charge >= 0.3 is 0 Å². The van der Waals surface area contributed by atoms with Gasteiger partial charge in [0.05, 0.1) is 0 Å². The highest BCUT2D eigenvalue weighted by molar-refractivity contribution is 5.35. The molecule has 3 rings (SSSR count). The fourth-order valence-corrected chi connectivity index (χ4v) is 3.14. The number of rotatable bonds is 0. The number of fused-ring (bicyclic) bond motifs is 1. The minimum absolute atomic E-state index is 0.272. The second-order valence-electron chi connectivity index (χ2n) is 5.14. The summed E-state index contributed by atoms with van der Waals surface area (Å²) in [5, 5.41) is 3.34. The van der Waals surface area contributed by atoms with E-state index >= 15 is 0 Å². The van der Waals surface area contributed by atoms with Crippen molar-refractivity contribution in [3.05, 3.63) is 34.9 Å². The van der Waals surface area contributed by atoms with Crippen LogP contribution in [0.25, 0.3) is 0 Å². The summed E-state index contributed by atoms with van der Waals surface area (Å²) in [6, 6.07) is 2.78. The van der Waals surface area contributed by atoms with Crippen LogP contribution in [0.4, 0.5) is 8.78 Å². The minimum Gasteiger partial charge on any atom is -0.317 e. The molecule has 0 saturated carbocycles. The standard InChI is InChI=1S/C13H15F2N/c14-11-5-9-7-13(1-3-16-4-2-13)8-10(9)6-12(11)15/h5-6,16H,1-4,7-8H2. The third kappa shape index (κ3) is 1.54. The number of hydrogen-bond donors (Lipinski definition) is 1. The molecule has 0 aromatic heterocycles. The third-order valence-electron chi connectivity index (χ3n) is 4.04. The molecule has 86 valence electrons. The van der Waals surface area contributed by atoms with Crippen molar-refractivity contribution in [1.29, 1.82) is 0 Å². The lowest BCUT2D eigenvalue weighted by molar-refractivity contribution is 0.216. The fraction of sp³-hybridized carbons (Fsp3) is 0.538. The van der Waals surface area contributed by atoms with Crippen LogP contribution in [0, 0.1) is 17.0 Å². The van der Waals surface area contributed by atoms with Gasteiger partial charge in [0.2, 0.25) is 0 Å². The van der Waals surface area contributed by atoms with E-state index in [1.807, 2.05) is 0 Å². The molecule has 1 aromatic rings. The van der Waals surface area contributed by atoms with Crippen molar-refractivity contribution in [2.24, 2.45) is 5.41 Å². The molecule has 1 aliphatic heterocycles. The van der Waals surface area contributed by atoms with Crippen LogP contribution in [0.1, 0.15) is 24.0 Å². The molecule has 2 aliphatic rings. The van der Waals surface area contributed by atoms with E-state index in [0.717, 1.165) is 49.9 Å². The highest BCUT2D eigenvalue weighted by Gasteiger charge is 2.38. The Morgan fingerprint density at radius 1 is 0.938 bits per heavy atom. The first-order chi connectivity index (χ1) is 7.69. The van der Waals surface area contributed by atoms with E-state index in [2.05, 4.69) is 5.32 Å². The molecule has 1 fully saturated rings. The first-order valence-electron chi connectivity index (χ1n) is 5.86. The molecule has 1 saturated heterocycles. The van der Waals surface area contributed by atoms with Crippen LogP contribution in [0.2, 0.25) is 0 Å². The van der Waals surface area contributed by atoms with Crippen LogP contribution in [0.15, 0.2) is 12.1 Å². The molecule has 1 N–H and O–H groups in total. The van der Waals surface area contributed by atoms with Gasteiger partial charge in [-0.25, -0.2) is 8.78 Å². The van der Waals surface area contributed by atoms with Crippen molar-refractivity contribution in [3.63, 3.8) is 0 Å². The van der Waals surface area contributed by atoms with Gasteiger partial charge in [0.1, 0.15) is 0 Å². The predicted octanol–water partition coefficient (Wildman–Crippen LogP) is 2.43. The van der Waals surface area contributed by atoms with E-state index in [0.29, 0.717) is 0 Å². The van der Waals surface area contributed by atoms with Crippen LogP contribution < -0.4 is 5.32 Å². The Morgan fingerprint density at radius 3 is 1.94 bits per heavy atom. The molecular weight excluding hydrogens is 208 g/mol. The third-order valence-corrected chi connectivity index (χ3v) is 4.04. The molecule has 1 aromatic carbocycles. The molecule has 1 heterocycles. The molecule has 3 heteroatoms. The Labute approximate surface area is 93.9 Å². The SMILES string of the molecule is Fc1cc2c(cc1F)CC1(CCNCC1)C2. The van der Waals surface area contributed by atoms with Crippen LogP contribution in [-0.2, 0) is 12.8 Å². The van der Waals surface area contributed by atoms with Gasteiger partial charge in [0, 0.05) is 0 Å². The summed E-state index contributed by atoms with van der Waals surface area (Å²) in [5.41, 5.74) is 2.30. The van der Waals surface area contributed by atoms with Crippen LogP contribution >= 0.6 is 0 Å². The summed E-state index contributed by atoms with van der Waals surface area (Å²) in [5.74, 6) is -1.41. The molecule has 1 nitrogen and oxygen atoms in total. The average molecular weight is 223 g/mol. The van der Waals surface area contributed by atoms with E-state index in [4.69, 9.17) is 0 Å². The summed E-state index contributed by atoms with van der Waals surface area (Å²) >= 11 is 0. The monoisotopic (exact) mass is 223 g/mol. The van der Waals surface area contributed by atoms with Gasteiger partial charge < -0.3 is 5.32 Å². The lowest BCUT2D eigenvalue weighted by Gasteiger charge is -2.33. The van der Waals surface area contributed by atoms with Gasteiger partial charge in [-0.05, 0) is 67.4 Å². The minimum atomic E-state index is -0.704. The van der Waals surface area contributed by atoms with Crippen LogP contribution in [0.5, 0.6) is 0 Å². The Kier molecular flexibility index (Phi) is 2.25. The van der Waals surface area contributed by atoms with Gasteiger partial charge in [-0.15, -0.1) is 0 Å². The van der Waals surface area contributed by atoms with Crippen LogP contribution in [0.3, 0.4) is 0 Å². The van der Waals surface area contributed by atoms with Gasteiger partial charge in [-0.1, -0.05) is 0 Å². The molecule has 0 amide bonds. The van der Waals surface area contributed by atoms with Crippen molar-refractivity contribution in [3.8, 4) is 0 Å². The number of hydrogen-bond acceptors (Lipinski definition) is 1. The second kappa shape index (κ2) is 3.52. The van der Waals surface area contributed by atoms with Crippen molar-refractivity contribution in [2.45, 2.75) is 25.7 Å². The number of benzene rings is 1. The summed E-state index contributed by atoms with van der Waals surface area (Å²) in [6.07, 6.45) is 4.07. The zero-order valence-corrected chi connectivity index (χ0v) is 9.15. The molecule has 0 atom stereocenters. The normalized spacial score (nSPS) is 22.4. The van der Waals surface area contributed by atoms with Crippen molar-refractivity contribution >= 4 is 0 Å². The maximum absolute atomic E-state index is 13.1. The Balaban J connectivity index is 1.93. The van der Waals surface area contributed by atoms with Crippen LogP contribution in [-0.4, -0.2) is 13.1 Å². The van der Waals surface area contributed by atoms with E-state index in [9.17, 15) is 8.78 Å². The number of piperidine rings is 1. The first-order valence-corrected chi connectivity index (χ1v) is 5.86. The molecule has 0 unspecified atom stereocenters. The molecule has 16 heavy (non-hydrogen) atoms. The lowest BCUT2D eigenvalue weighted by atomic mass is 9.76. The average Bonchev–Trinajstić information content (AvgIpc) is 2.57. The lowest BCUT2D eigenvalue weighted by Crippen LogP contribution is -2.37. The molecular formula is C13H15F2N. The Hall–Kier alpha value is -0.960. The van der Waals surface area contributed by atoms with Crippen molar-refractivity contribution in [2.75, 3.05) is 13.1 Å². The van der Waals surface area contributed by atoms with E-state index in [1.54, 1.807) is 0 Å². The Morgan fingerprint density at radius 2 is 1.44 bits per heavy atom. The highest BCUT2D eigenvalue weighted by atomic mass is 19.2. The summed E-state index contributed by atoms with van der Waals surface area (Å²) in [7, 11) is 0. The summed E-state index contributed by atoms with van der Waals surface area (Å²) in [4.78, 5) is 0. The van der Waals surface area contributed by atoms with Gasteiger partial charge in [-0.3, -0.25) is 0 Å². The maximum Gasteiger partial charge on any atom is 0.159 e.